The molecule has 0 fully saturated rings. The Bertz CT molecular complexity index is 29.8. The first kappa shape index (κ1) is 30.4. The first-order chi connectivity index (χ1) is 2.27. The van der Waals surface area contributed by atoms with Crippen LogP contribution in [-0.2, 0) is 0 Å². The maximum Gasteiger partial charge on any atom is 1.00 e. The molecule has 0 amide bonds. The second-order valence-electron chi connectivity index (χ2n) is 1.58. The van der Waals surface area contributed by atoms with Gasteiger partial charge in [-0.2, -0.15) is 0 Å². The molecule has 5 heteroatoms. The van der Waals surface area contributed by atoms with Crippen LogP contribution in [0.5, 0.6) is 0 Å². The number of aliphatic hydroxyl groups is 1. The van der Waals surface area contributed by atoms with Gasteiger partial charge in [-0.25, -0.2) is 0 Å². The quantitative estimate of drug-likeness (QED) is 0.382. The third-order valence-corrected chi connectivity index (χ3v) is 0.365. The monoisotopic (exact) mass is 154 g/mol. The summed E-state index contributed by atoms with van der Waals surface area (Å²) in [5, 5.41) is 8.14. The van der Waals surface area contributed by atoms with Gasteiger partial charge < -0.3 is 16.1 Å². The van der Waals surface area contributed by atoms with Crippen LogP contribution in [-0.4, -0.2) is 22.7 Å². The van der Waals surface area contributed by atoms with Gasteiger partial charge in [0.2, 0.25) is 0 Å². The maximum atomic E-state index is 8.14. The van der Waals surface area contributed by atoms with E-state index in [0.717, 1.165) is 0 Å². The van der Waals surface area contributed by atoms with Crippen molar-refractivity contribution in [3.05, 3.63) is 0 Å². The van der Waals surface area contributed by atoms with Gasteiger partial charge in [0, 0.05) is 6.61 Å². The van der Waals surface area contributed by atoms with E-state index in [1.54, 1.807) is 0 Å². The molecule has 0 unspecified atom stereocenters. The van der Waals surface area contributed by atoms with E-state index in [1.165, 1.54) is 0 Å². The molecule has 0 bridgehead atoms. The number of aliphatic hydroxyl groups excluding tert-OH is 1. The fourth-order valence-corrected chi connectivity index (χ4v) is 0. The summed E-state index contributed by atoms with van der Waals surface area (Å²) in [5.41, 5.74) is 0. The second-order valence-corrected chi connectivity index (χ2v) is 1.58. The van der Waals surface area contributed by atoms with Crippen molar-refractivity contribution in [3.63, 3.8) is 0 Å². The molecule has 0 aromatic heterocycles. The average molecular weight is 154 g/mol. The van der Waals surface area contributed by atoms with Crippen molar-refractivity contribution in [1.82, 2.24) is 0 Å². The molecule has 0 rings (SSSR count). The third-order valence-electron chi connectivity index (χ3n) is 0.365. The van der Waals surface area contributed by atoms with Gasteiger partial charge in [0.1, 0.15) is 0 Å². The van der Waals surface area contributed by atoms with Crippen LogP contribution in [0.15, 0.2) is 0 Å². The molecule has 0 saturated heterocycles. The van der Waals surface area contributed by atoms with Gasteiger partial charge in [0.15, 0.2) is 0 Å². The van der Waals surface area contributed by atoms with Crippen LogP contribution in [0.2, 0.25) is 0 Å². The normalized spacial score (nSPS) is 5.33. The summed E-state index contributed by atoms with van der Waals surface area (Å²) >= 11 is 0. The maximum absolute atomic E-state index is 8.14. The minimum absolute atomic E-state index is 0. The Labute approximate surface area is 111 Å². The largest absolute Gasteiger partial charge is 1.00 e. The van der Waals surface area contributed by atoms with Gasteiger partial charge in [-0.05, 0) is 5.92 Å². The zero-order valence-corrected chi connectivity index (χ0v) is 9.75. The number of hydrogen-bond acceptors (Lipinski definition) is 3. The predicted octanol–water partition coefficient (Wildman–Crippen LogP) is -5.71. The van der Waals surface area contributed by atoms with E-state index >= 15 is 0 Å². The van der Waals surface area contributed by atoms with E-state index in [4.69, 9.17) is 5.11 Å². The Morgan fingerprint density at radius 2 is 1.33 bits per heavy atom. The van der Waals surface area contributed by atoms with Crippen molar-refractivity contribution in [2.24, 2.45) is 5.92 Å². The smallest absolute Gasteiger partial charge is 0.870 e. The molecule has 0 aliphatic heterocycles. The topological polar surface area (TPSA) is 80.2 Å². The van der Waals surface area contributed by atoms with Crippen LogP contribution in [0.25, 0.3) is 0 Å². The first-order valence-electron chi connectivity index (χ1n) is 1.88. The van der Waals surface area contributed by atoms with Crippen LogP contribution >= 0.6 is 0 Å². The van der Waals surface area contributed by atoms with Crippen molar-refractivity contribution in [2.45, 2.75) is 13.8 Å². The van der Waals surface area contributed by atoms with E-state index < -0.39 is 0 Å². The van der Waals surface area contributed by atoms with E-state index in [2.05, 4.69) is 0 Å². The summed E-state index contributed by atoms with van der Waals surface area (Å²) in [4.78, 5) is 0. The Hall–Kier alpha value is 2.11. The van der Waals surface area contributed by atoms with Gasteiger partial charge in [-0.1, -0.05) is 13.8 Å². The van der Waals surface area contributed by atoms with Crippen LogP contribution < -0.4 is 70.2 Å². The van der Waals surface area contributed by atoms with Crippen molar-refractivity contribution in [1.29, 1.82) is 0 Å². The standard InChI is InChI=1S/C4H10O.K.Li.2H2O/c1-4(2)3-5;;;;/h4-5H,3H2,1-2H3;;;2*1H2/q;2*+1;;/p-2. The number of rotatable bonds is 1. The predicted molar refractivity (Wildman–Crippen MR) is 25.8 cm³/mol. The summed E-state index contributed by atoms with van der Waals surface area (Å²) < 4.78 is 0. The molecule has 0 atom stereocenters. The fourth-order valence-electron chi connectivity index (χ4n) is 0. The van der Waals surface area contributed by atoms with Gasteiger partial charge in [-0.3, -0.25) is 0 Å². The molecular formula is C4H12KLiO3. The fraction of sp³-hybridized carbons (Fsp3) is 1.00. The van der Waals surface area contributed by atoms with Gasteiger partial charge in [0.25, 0.3) is 0 Å². The van der Waals surface area contributed by atoms with Crippen molar-refractivity contribution in [3.8, 4) is 0 Å². The third kappa shape index (κ3) is 39.3. The zero-order valence-electron chi connectivity index (χ0n) is 6.63. The van der Waals surface area contributed by atoms with Crippen molar-refractivity contribution in [2.75, 3.05) is 6.61 Å². The van der Waals surface area contributed by atoms with Crippen LogP contribution in [0.3, 0.4) is 0 Å². The Morgan fingerprint density at radius 3 is 1.33 bits per heavy atom. The van der Waals surface area contributed by atoms with Crippen molar-refractivity contribution < 1.29 is 86.3 Å². The van der Waals surface area contributed by atoms with Crippen molar-refractivity contribution >= 4 is 0 Å². The van der Waals surface area contributed by atoms with E-state index in [1.807, 2.05) is 13.8 Å². The Balaban J connectivity index is -0.0000000133. The Morgan fingerprint density at radius 1 is 1.22 bits per heavy atom. The molecule has 0 heterocycles. The van der Waals surface area contributed by atoms with Gasteiger partial charge in [-0.15, -0.1) is 0 Å². The van der Waals surface area contributed by atoms with Gasteiger partial charge in [0.05, 0.1) is 0 Å². The molecule has 0 aliphatic rings. The first-order valence-corrected chi connectivity index (χ1v) is 1.88. The summed E-state index contributed by atoms with van der Waals surface area (Å²) in [6, 6.07) is 0. The van der Waals surface area contributed by atoms with Crippen LogP contribution in [0.4, 0.5) is 0 Å². The molecule has 0 saturated carbocycles. The molecule has 3 nitrogen and oxygen atoms in total. The van der Waals surface area contributed by atoms with Crippen LogP contribution in [0.1, 0.15) is 13.8 Å². The molecule has 0 aliphatic carbocycles. The van der Waals surface area contributed by atoms with Gasteiger partial charge >= 0.3 is 70.2 Å². The second kappa shape index (κ2) is 22.5. The van der Waals surface area contributed by atoms with E-state index in [9.17, 15) is 0 Å². The SMILES string of the molecule is CC(C)CO.[K+].[Li+].[OH-].[OH-]. The summed E-state index contributed by atoms with van der Waals surface area (Å²) in [6.07, 6.45) is 0. The zero-order chi connectivity index (χ0) is 4.28. The number of hydrogen-bond donors (Lipinski definition) is 1. The summed E-state index contributed by atoms with van der Waals surface area (Å²) in [6.45, 7) is 4.25. The molecule has 0 radical (unpaired) electrons. The minimum Gasteiger partial charge on any atom is -0.870 e. The average Bonchev–Trinajstić information content (AvgIpc) is 1.38. The summed E-state index contributed by atoms with van der Waals surface area (Å²) in [7, 11) is 0. The molecule has 0 aromatic rings. The van der Waals surface area contributed by atoms with E-state index in [-0.39, 0.29) is 81.2 Å². The molecule has 0 aromatic carbocycles. The Kier molecular flexibility index (Phi) is 75.9. The summed E-state index contributed by atoms with van der Waals surface area (Å²) in [5.74, 6) is 0.440. The molecule has 48 valence electrons. The molecule has 0 spiro atoms. The molecular weight excluding hydrogens is 142 g/mol. The minimum atomic E-state index is 0. The molecule has 3 N–H and O–H groups in total. The van der Waals surface area contributed by atoms with Crippen LogP contribution in [0, 0.1) is 5.92 Å². The van der Waals surface area contributed by atoms with E-state index in [0.29, 0.717) is 12.5 Å². The molecule has 9 heavy (non-hydrogen) atoms.